The molecule has 1 heterocycles. The van der Waals surface area contributed by atoms with Crippen molar-refractivity contribution in [3.05, 3.63) is 47.3 Å². The number of aromatic nitrogens is 2. The average molecular weight is 387 g/mol. The number of para-hydroxylation sites is 1. The Morgan fingerprint density at radius 3 is 2.41 bits per heavy atom. The molecule has 142 valence electrons. The van der Waals surface area contributed by atoms with E-state index in [0.29, 0.717) is 16.4 Å². The lowest BCUT2D eigenvalue weighted by molar-refractivity contribution is -0.150. The van der Waals surface area contributed by atoms with Gasteiger partial charge in [0.25, 0.3) is 5.91 Å². The molecule has 7 nitrogen and oxygen atoms in total. The zero-order valence-corrected chi connectivity index (χ0v) is 16.4. The fourth-order valence-corrected chi connectivity index (χ4v) is 3.03. The Kier molecular flexibility index (Phi) is 7.06. The van der Waals surface area contributed by atoms with Gasteiger partial charge in [-0.3, -0.25) is 14.4 Å². The van der Waals surface area contributed by atoms with Crippen molar-refractivity contribution in [1.82, 2.24) is 9.97 Å². The van der Waals surface area contributed by atoms with Gasteiger partial charge in [0.05, 0.1) is 11.4 Å². The molecule has 8 heteroatoms. The summed E-state index contributed by atoms with van der Waals surface area (Å²) in [4.78, 5) is 44.3. The first kappa shape index (κ1) is 20.6. The van der Waals surface area contributed by atoms with Crippen LogP contribution in [0.2, 0.25) is 0 Å². The molecule has 0 unspecified atom stereocenters. The van der Waals surface area contributed by atoms with E-state index < -0.39 is 18.0 Å². The van der Waals surface area contributed by atoms with E-state index >= 15 is 0 Å². The average Bonchev–Trinajstić information content (AvgIpc) is 2.59. The number of thioether (sulfide) groups is 1. The van der Waals surface area contributed by atoms with Crippen molar-refractivity contribution in [2.45, 2.75) is 39.0 Å². The number of rotatable bonds is 7. The summed E-state index contributed by atoms with van der Waals surface area (Å²) in [7, 11) is 0. The highest BCUT2D eigenvalue weighted by atomic mass is 32.2. The van der Waals surface area contributed by atoms with Crippen LogP contribution in [0, 0.1) is 13.8 Å². The highest BCUT2D eigenvalue weighted by Crippen LogP contribution is 2.17. The van der Waals surface area contributed by atoms with Gasteiger partial charge >= 0.3 is 5.97 Å². The van der Waals surface area contributed by atoms with Crippen LogP contribution in [0.5, 0.6) is 0 Å². The lowest BCUT2D eigenvalue weighted by atomic mass is 10.1. The van der Waals surface area contributed by atoms with Gasteiger partial charge in [0, 0.05) is 17.0 Å². The second-order valence-corrected chi connectivity index (χ2v) is 6.89. The zero-order valence-electron chi connectivity index (χ0n) is 15.6. The molecular formula is C19H21N3O4S. The molecule has 0 spiro atoms. The number of carbonyl (C=O) groups excluding carboxylic acids is 3. The van der Waals surface area contributed by atoms with Crippen LogP contribution in [0.15, 0.2) is 35.5 Å². The fourth-order valence-electron chi connectivity index (χ4n) is 2.30. The van der Waals surface area contributed by atoms with E-state index in [9.17, 15) is 14.4 Å². The standard InChI is InChI=1S/C19H21N3O4S/c1-11-9-12(2)21-19(20-11)27-10-17(24)26-14(4)18(25)22-16-8-6-5-7-15(16)13(3)23/h5-9,14H,10H2,1-4H3,(H,22,25)/t14-/m1/s1. The Labute approximate surface area is 161 Å². The largest absolute Gasteiger partial charge is 0.452 e. The molecule has 1 aromatic carbocycles. The van der Waals surface area contributed by atoms with E-state index in [-0.39, 0.29) is 11.5 Å². The highest BCUT2D eigenvalue weighted by Gasteiger charge is 2.20. The van der Waals surface area contributed by atoms with Crippen LogP contribution in [0.25, 0.3) is 0 Å². The Hall–Kier alpha value is -2.74. The maximum Gasteiger partial charge on any atom is 0.317 e. The number of anilines is 1. The summed E-state index contributed by atoms with van der Waals surface area (Å²) >= 11 is 1.15. The van der Waals surface area contributed by atoms with Gasteiger partial charge in [0.1, 0.15) is 0 Å². The van der Waals surface area contributed by atoms with Gasteiger partial charge in [0.15, 0.2) is 17.0 Å². The third-order valence-corrected chi connectivity index (χ3v) is 4.34. The molecule has 2 aromatic rings. The van der Waals surface area contributed by atoms with E-state index in [2.05, 4.69) is 15.3 Å². The maximum absolute atomic E-state index is 12.3. The van der Waals surface area contributed by atoms with Gasteiger partial charge in [-0.2, -0.15) is 0 Å². The minimum Gasteiger partial charge on any atom is -0.452 e. The van der Waals surface area contributed by atoms with Crippen molar-refractivity contribution in [2.75, 3.05) is 11.1 Å². The van der Waals surface area contributed by atoms with Crippen LogP contribution in [0.3, 0.4) is 0 Å². The Bertz CT molecular complexity index is 850. The summed E-state index contributed by atoms with van der Waals surface area (Å²) in [6.07, 6.45) is -1.00. The number of esters is 1. The smallest absolute Gasteiger partial charge is 0.317 e. The van der Waals surface area contributed by atoms with Gasteiger partial charge in [-0.05, 0) is 45.9 Å². The minimum atomic E-state index is -1.00. The summed E-state index contributed by atoms with van der Waals surface area (Å²) in [6.45, 7) is 6.59. The van der Waals surface area contributed by atoms with Crippen molar-refractivity contribution >= 4 is 35.1 Å². The van der Waals surface area contributed by atoms with E-state index in [1.807, 2.05) is 19.9 Å². The SMILES string of the molecule is CC(=O)c1ccccc1NC(=O)[C@@H](C)OC(=O)CSc1nc(C)cc(C)n1. The number of ketones is 1. The van der Waals surface area contributed by atoms with Crippen LogP contribution in [0.1, 0.15) is 35.6 Å². The lowest BCUT2D eigenvalue weighted by Gasteiger charge is -2.14. The molecule has 0 saturated carbocycles. The number of benzene rings is 1. The molecule has 0 fully saturated rings. The third kappa shape index (κ3) is 6.18. The number of ether oxygens (including phenoxy) is 1. The van der Waals surface area contributed by atoms with Gasteiger partial charge < -0.3 is 10.1 Å². The van der Waals surface area contributed by atoms with Crippen LogP contribution >= 0.6 is 11.8 Å². The molecule has 0 aliphatic carbocycles. The molecule has 2 rings (SSSR count). The normalized spacial score (nSPS) is 11.6. The first-order chi connectivity index (χ1) is 12.8. The number of nitrogens with zero attached hydrogens (tertiary/aromatic N) is 2. The van der Waals surface area contributed by atoms with E-state index in [4.69, 9.17) is 4.74 Å². The van der Waals surface area contributed by atoms with Crippen LogP contribution < -0.4 is 5.32 Å². The Morgan fingerprint density at radius 1 is 1.15 bits per heavy atom. The molecule has 0 bridgehead atoms. The summed E-state index contributed by atoms with van der Waals surface area (Å²) in [5.41, 5.74) is 2.41. The quantitative estimate of drug-likeness (QED) is 0.337. The monoisotopic (exact) mass is 387 g/mol. The molecule has 1 aromatic heterocycles. The second kappa shape index (κ2) is 9.27. The van der Waals surface area contributed by atoms with Crippen LogP contribution in [0.4, 0.5) is 5.69 Å². The molecule has 0 aliphatic heterocycles. The van der Waals surface area contributed by atoms with Crippen molar-refractivity contribution in [1.29, 1.82) is 0 Å². The molecule has 1 amide bonds. The third-order valence-electron chi connectivity index (χ3n) is 3.52. The lowest BCUT2D eigenvalue weighted by Crippen LogP contribution is -2.31. The van der Waals surface area contributed by atoms with Gasteiger partial charge in [-0.25, -0.2) is 9.97 Å². The van der Waals surface area contributed by atoms with E-state index in [0.717, 1.165) is 23.1 Å². The molecule has 0 aliphatic rings. The molecule has 27 heavy (non-hydrogen) atoms. The zero-order chi connectivity index (χ0) is 20.0. The van der Waals surface area contributed by atoms with Crippen molar-refractivity contribution in [2.24, 2.45) is 0 Å². The van der Waals surface area contributed by atoms with E-state index in [1.165, 1.54) is 13.8 Å². The number of aryl methyl sites for hydroxylation is 2. The number of hydrogen-bond acceptors (Lipinski definition) is 7. The Morgan fingerprint density at radius 2 is 1.78 bits per heavy atom. The number of Topliss-reactive ketones (excluding diaryl/α,β-unsaturated/α-hetero) is 1. The van der Waals surface area contributed by atoms with E-state index in [1.54, 1.807) is 24.3 Å². The topological polar surface area (TPSA) is 98.2 Å². The van der Waals surface area contributed by atoms with Gasteiger partial charge in [0.2, 0.25) is 0 Å². The van der Waals surface area contributed by atoms with Gasteiger partial charge in [-0.15, -0.1) is 0 Å². The maximum atomic E-state index is 12.3. The second-order valence-electron chi connectivity index (χ2n) is 5.95. The first-order valence-electron chi connectivity index (χ1n) is 8.31. The molecule has 0 radical (unpaired) electrons. The Balaban J connectivity index is 1.90. The predicted octanol–water partition coefficient (Wildman–Crippen LogP) is 2.96. The van der Waals surface area contributed by atoms with Crippen molar-refractivity contribution in [3.8, 4) is 0 Å². The van der Waals surface area contributed by atoms with Crippen molar-refractivity contribution < 1.29 is 19.1 Å². The van der Waals surface area contributed by atoms with Gasteiger partial charge in [-0.1, -0.05) is 23.9 Å². The summed E-state index contributed by atoms with van der Waals surface area (Å²) in [5, 5.41) is 3.10. The summed E-state index contributed by atoms with van der Waals surface area (Å²) in [6, 6.07) is 8.50. The predicted molar refractivity (Wildman–Crippen MR) is 103 cm³/mol. The molecule has 1 atom stereocenters. The fraction of sp³-hybridized carbons (Fsp3) is 0.316. The molecule has 1 N–H and O–H groups in total. The number of carbonyl (C=O) groups is 3. The first-order valence-corrected chi connectivity index (χ1v) is 9.30. The number of amides is 1. The molecular weight excluding hydrogens is 366 g/mol. The summed E-state index contributed by atoms with van der Waals surface area (Å²) < 4.78 is 5.15. The number of hydrogen-bond donors (Lipinski definition) is 1. The molecule has 0 saturated heterocycles. The highest BCUT2D eigenvalue weighted by molar-refractivity contribution is 7.99. The number of nitrogens with one attached hydrogen (secondary N) is 1. The minimum absolute atomic E-state index is 0.00938. The summed E-state index contributed by atoms with van der Waals surface area (Å²) in [5.74, 6) is -1.24. The van der Waals surface area contributed by atoms with Crippen LogP contribution in [-0.4, -0.2) is 39.5 Å². The van der Waals surface area contributed by atoms with Crippen LogP contribution in [-0.2, 0) is 14.3 Å². The van der Waals surface area contributed by atoms with Crippen molar-refractivity contribution in [3.63, 3.8) is 0 Å².